The van der Waals surface area contributed by atoms with Crippen LogP contribution in [0.3, 0.4) is 0 Å². The summed E-state index contributed by atoms with van der Waals surface area (Å²) in [4.78, 5) is 0. The van der Waals surface area contributed by atoms with Crippen LogP contribution < -0.4 is 0 Å². The molecule has 0 nitrogen and oxygen atoms in total. The van der Waals surface area contributed by atoms with Crippen molar-refractivity contribution in [3.8, 4) is 0 Å². The van der Waals surface area contributed by atoms with Gasteiger partial charge in [-0.15, -0.1) is 0 Å². The normalized spacial score (nSPS) is 28.1. The van der Waals surface area contributed by atoms with Crippen LogP contribution in [0, 0.1) is 56.3 Å². The molecule has 0 saturated heterocycles. The van der Waals surface area contributed by atoms with E-state index in [2.05, 4.69) is 39.8 Å². The van der Waals surface area contributed by atoms with E-state index in [1.54, 1.807) is 17.9 Å². The number of benzene rings is 1. The highest BCUT2D eigenvalue weighted by Gasteiger charge is 2.32. The van der Waals surface area contributed by atoms with Crippen LogP contribution in [-0.2, 0) is 6.42 Å². The molecular weight excluding hydrogens is 360 g/mol. The van der Waals surface area contributed by atoms with Crippen molar-refractivity contribution >= 4 is 0 Å². The van der Waals surface area contributed by atoms with Crippen molar-refractivity contribution in [1.82, 2.24) is 0 Å². The summed E-state index contributed by atoms with van der Waals surface area (Å²) < 4.78 is 0. The van der Waals surface area contributed by atoms with Gasteiger partial charge in [0.15, 0.2) is 0 Å². The Kier molecular flexibility index (Phi) is 7.64. The molecule has 3 saturated carbocycles. The van der Waals surface area contributed by atoms with Crippen molar-refractivity contribution in [3.05, 3.63) is 46.2 Å². The predicted molar refractivity (Wildman–Crippen MR) is 130 cm³/mol. The van der Waals surface area contributed by atoms with Crippen LogP contribution in [0.25, 0.3) is 0 Å². The first kappa shape index (κ1) is 22.4. The summed E-state index contributed by atoms with van der Waals surface area (Å²) >= 11 is 0. The Morgan fingerprint density at radius 3 is 1.77 bits per heavy atom. The number of hydrogen-bond acceptors (Lipinski definition) is 0. The molecule has 0 N–H and O–H groups in total. The minimum atomic E-state index is 0.931. The Hall–Kier alpha value is -0.780. The SMILES string of the molecule is C[C]1CCC([C]2CCC(CC3CCC(Cc4cc(C)c(C)c(C)c4)CC3)CC2)CC1. The first-order valence-electron chi connectivity index (χ1n) is 13.2. The van der Waals surface area contributed by atoms with Crippen LogP contribution in [-0.4, -0.2) is 0 Å². The molecule has 0 aromatic heterocycles. The van der Waals surface area contributed by atoms with E-state index >= 15 is 0 Å². The molecule has 1 aromatic rings. The zero-order valence-corrected chi connectivity index (χ0v) is 20.4. The van der Waals surface area contributed by atoms with Crippen molar-refractivity contribution in [2.45, 2.75) is 118 Å². The van der Waals surface area contributed by atoms with Crippen molar-refractivity contribution in [1.29, 1.82) is 0 Å². The summed E-state index contributed by atoms with van der Waals surface area (Å²) in [5.74, 6) is 7.70. The minimum Gasteiger partial charge on any atom is -0.0591 e. The standard InChI is InChI=1S/C30H46/c1-21-5-13-29(14-6-21)30-15-11-27(12-16-30)19-25-7-9-26(10-8-25)20-28-17-22(2)24(4)23(3)18-28/h17-18,25-27,29H,5-16,19-20H2,1-4H3. The van der Waals surface area contributed by atoms with E-state index in [4.69, 9.17) is 0 Å². The lowest BCUT2D eigenvalue weighted by Crippen LogP contribution is -2.25. The maximum absolute atomic E-state index is 2.45. The largest absolute Gasteiger partial charge is 0.0591 e. The van der Waals surface area contributed by atoms with Gasteiger partial charge in [-0.05, 0) is 156 Å². The van der Waals surface area contributed by atoms with E-state index in [-0.39, 0.29) is 0 Å². The maximum atomic E-state index is 2.45. The van der Waals surface area contributed by atoms with Gasteiger partial charge in [-0.1, -0.05) is 31.9 Å². The molecule has 30 heavy (non-hydrogen) atoms. The predicted octanol–water partition coefficient (Wildman–Crippen LogP) is 8.90. The Bertz CT molecular complexity index is 638. The van der Waals surface area contributed by atoms with Gasteiger partial charge in [0.25, 0.3) is 0 Å². The van der Waals surface area contributed by atoms with Crippen LogP contribution in [0.5, 0.6) is 0 Å². The minimum absolute atomic E-state index is 0.931. The summed E-state index contributed by atoms with van der Waals surface area (Å²) in [5.41, 5.74) is 6.03. The zero-order valence-electron chi connectivity index (χ0n) is 20.4. The van der Waals surface area contributed by atoms with Crippen LogP contribution in [0.4, 0.5) is 0 Å². The van der Waals surface area contributed by atoms with Gasteiger partial charge in [0, 0.05) is 0 Å². The van der Waals surface area contributed by atoms with Crippen LogP contribution >= 0.6 is 0 Å². The molecule has 3 fully saturated rings. The van der Waals surface area contributed by atoms with Crippen molar-refractivity contribution in [2.24, 2.45) is 23.7 Å². The zero-order chi connectivity index (χ0) is 21.1. The molecule has 0 bridgehead atoms. The Morgan fingerprint density at radius 2 is 1.17 bits per heavy atom. The summed E-state index contributed by atoms with van der Waals surface area (Å²) in [5, 5.41) is 0. The fourth-order valence-corrected chi connectivity index (χ4v) is 6.93. The Labute approximate surface area is 187 Å². The van der Waals surface area contributed by atoms with Gasteiger partial charge in [0.1, 0.15) is 0 Å². The average Bonchev–Trinajstić information content (AvgIpc) is 2.75. The molecule has 2 radical (unpaired) electrons. The maximum Gasteiger partial charge on any atom is -0.0210 e. The highest BCUT2D eigenvalue weighted by atomic mass is 14.4. The Balaban J connectivity index is 1.17. The van der Waals surface area contributed by atoms with Gasteiger partial charge < -0.3 is 0 Å². The van der Waals surface area contributed by atoms with Gasteiger partial charge in [-0.3, -0.25) is 0 Å². The fraction of sp³-hybridized carbons (Fsp3) is 0.733. The molecule has 0 spiro atoms. The quantitative estimate of drug-likeness (QED) is 0.458. The smallest absolute Gasteiger partial charge is 0.0210 e. The van der Waals surface area contributed by atoms with Gasteiger partial charge in [0.2, 0.25) is 0 Å². The molecule has 0 aliphatic heterocycles. The average molecular weight is 407 g/mol. The molecule has 166 valence electrons. The van der Waals surface area contributed by atoms with Gasteiger partial charge in [0.05, 0.1) is 0 Å². The monoisotopic (exact) mass is 406 g/mol. The Morgan fingerprint density at radius 1 is 0.633 bits per heavy atom. The van der Waals surface area contributed by atoms with Crippen molar-refractivity contribution < 1.29 is 0 Å². The molecule has 3 aliphatic rings. The lowest BCUT2D eigenvalue weighted by Gasteiger charge is -2.38. The molecule has 0 atom stereocenters. The van der Waals surface area contributed by atoms with Crippen LogP contribution in [0.2, 0.25) is 0 Å². The first-order valence-corrected chi connectivity index (χ1v) is 13.2. The van der Waals surface area contributed by atoms with E-state index in [1.807, 2.05) is 5.92 Å². The molecule has 3 aliphatic carbocycles. The lowest BCUT2D eigenvalue weighted by atomic mass is 9.67. The van der Waals surface area contributed by atoms with Crippen LogP contribution in [0.15, 0.2) is 12.1 Å². The highest BCUT2D eigenvalue weighted by Crippen LogP contribution is 2.45. The fourth-order valence-electron chi connectivity index (χ4n) is 6.93. The van der Waals surface area contributed by atoms with Gasteiger partial charge in [-0.25, -0.2) is 0 Å². The van der Waals surface area contributed by atoms with Crippen molar-refractivity contribution in [2.75, 3.05) is 0 Å². The van der Waals surface area contributed by atoms with Crippen molar-refractivity contribution in [3.63, 3.8) is 0 Å². The van der Waals surface area contributed by atoms with E-state index in [9.17, 15) is 0 Å². The molecular formula is C30H46. The van der Waals surface area contributed by atoms with E-state index < -0.39 is 0 Å². The van der Waals surface area contributed by atoms with Gasteiger partial charge in [-0.2, -0.15) is 0 Å². The molecule has 0 heteroatoms. The summed E-state index contributed by atoms with van der Waals surface area (Å²) in [6.45, 7) is 9.20. The molecule has 0 heterocycles. The number of rotatable bonds is 5. The third kappa shape index (κ3) is 5.72. The summed E-state index contributed by atoms with van der Waals surface area (Å²) in [6, 6.07) is 4.91. The number of hydrogen-bond donors (Lipinski definition) is 0. The highest BCUT2D eigenvalue weighted by molar-refractivity contribution is 5.37. The second-order valence-electron chi connectivity index (χ2n) is 11.5. The molecule has 0 unspecified atom stereocenters. The molecule has 1 aromatic carbocycles. The second kappa shape index (κ2) is 10.2. The third-order valence-electron chi connectivity index (χ3n) is 9.31. The molecule has 4 rings (SSSR count). The summed E-state index contributed by atoms with van der Waals surface area (Å²) in [6.07, 6.45) is 20.5. The lowest BCUT2D eigenvalue weighted by molar-refractivity contribution is 0.205. The summed E-state index contributed by atoms with van der Waals surface area (Å²) in [7, 11) is 0. The van der Waals surface area contributed by atoms with Crippen LogP contribution in [0.1, 0.15) is 113 Å². The second-order valence-corrected chi connectivity index (χ2v) is 11.5. The first-order chi connectivity index (χ1) is 14.5. The third-order valence-corrected chi connectivity index (χ3v) is 9.31. The topological polar surface area (TPSA) is 0 Å². The van der Waals surface area contributed by atoms with E-state index in [0.717, 1.165) is 23.7 Å². The van der Waals surface area contributed by atoms with E-state index in [0.29, 0.717) is 0 Å². The van der Waals surface area contributed by atoms with Gasteiger partial charge >= 0.3 is 0 Å². The molecule has 0 amide bonds. The van der Waals surface area contributed by atoms with E-state index in [1.165, 1.54) is 100 Å². The number of aryl methyl sites for hydroxylation is 2.